The molecule has 4 aromatic rings. The number of nitrogens with one attached hydrogen (secondary N) is 2. The normalized spacial score (nSPS) is 11.0. The number of aromatic amines is 1. The van der Waals surface area contributed by atoms with Gasteiger partial charge in [-0.25, -0.2) is 0 Å². The van der Waals surface area contributed by atoms with E-state index in [2.05, 4.69) is 22.4 Å². The maximum atomic E-state index is 12.5. The number of para-hydroxylation sites is 2. The summed E-state index contributed by atoms with van der Waals surface area (Å²) in [5.41, 5.74) is 8.48. The predicted octanol–water partition coefficient (Wildman–Crippen LogP) is 4.16. The number of hydrogen-bond acceptors (Lipinski definition) is 2. The second-order valence-electron chi connectivity index (χ2n) is 5.47. The number of carbonyl (C=O) groups excluding carboxylic acids is 1. The summed E-state index contributed by atoms with van der Waals surface area (Å²) >= 11 is 0. The predicted molar refractivity (Wildman–Crippen MR) is 94.6 cm³/mol. The molecule has 4 nitrogen and oxygen atoms in total. The first kappa shape index (κ1) is 13.4. The summed E-state index contributed by atoms with van der Waals surface area (Å²) in [6.07, 6.45) is 0. The van der Waals surface area contributed by atoms with Crippen LogP contribution in [-0.4, -0.2) is 10.9 Å². The molecule has 0 saturated heterocycles. The lowest BCUT2D eigenvalue weighted by Gasteiger charge is -2.06. The molecular formula is C19H15N3O. The van der Waals surface area contributed by atoms with Crippen LogP contribution in [0.4, 0.5) is 11.4 Å². The first-order chi connectivity index (χ1) is 11.2. The Morgan fingerprint density at radius 2 is 1.70 bits per heavy atom. The molecule has 4 N–H and O–H groups in total. The van der Waals surface area contributed by atoms with Crippen molar-refractivity contribution in [1.82, 2.24) is 4.98 Å². The number of aromatic nitrogens is 1. The molecule has 1 heterocycles. The van der Waals surface area contributed by atoms with Crippen LogP contribution in [0.1, 0.15) is 10.5 Å². The Labute approximate surface area is 132 Å². The van der Waals surface area contributed by atoms with Crippen molar-refractivity contribution in [3.63, 3.8) is 0 Å². The van der Waals surface area contributed by atoms with E-state index in [0.29, 0.717) is 17.1 Å². The Kier molecular flexibility index (Phi) is 3.01. The van der Waals surface area contributed by atoms with Crippen LogP contribution < -0.4 is 11.1 Å². The van der Waals surface area contributed by atoms with Crippen LogP contribution >= 0.6 is 0 Å². The highest BCUT2D eigenvalue weighted by molar-refractivity contribution is 6.12. The van der Waals surface area contributed by atoms with Gasteiger partial charge in [-0.05, 0) is 35.0 Å². The molecule has 0 fully saturated rings. The lowest BCUT2D eigenvalue weighted by Crippen LogP contribution is -2.13. The average molecular weight is 301 g/mol. The summed E-state index contributed by atoms with van der Waals surface area (Å²) in [5, 5.41) is 6.15. The highest BCUT2D eigenvalue weighted by Gasteiger charge is 2.12. The van der Waals surface area contributed by atoms with E-state index in [1.807, 2.05) is 42.5 Å². The van der Waals surface area contributed by atoms with E-state index < -0.39 is 0 Å². The Morgan fingerprint density at radius 1 is 0.913 bits per heavy atom. The van der Waals surface area contributed by atoms with Gasteiger partial charge in [-0.3, -0.25) is 4.79 Å². The SMILES string of the molecule is Nc1ccccc1NC(=O)c1cc2c(ccc3ccccc32)[nH]1. The van der Waals surface area contributed by atoms with Crippen molar-refractivity contribution in [2.24, 2.45) is 0 Å². The molecule has 0 aliphatic heterocycles. The van der Waals surface area contributed by atoms with Gasteiger partial charge in [0.05, 0.1) is 11.4 Å². The van der Waals surface area contributed by atoms with Gasteiger partial charge in [-0.1, -0.05) is 42.5 Å². The number of anilines is 2. The molecule has 0 aliphatic carbocycles. The summed E-state index contributed by atoms with van der Waals surface area (Å²) in [7, 11) is 0. The van der Waals surface area contributed by atoms with Crippen molar-refractivity contribution < 1.29 is 4.79 Å². The number of nitrogen functional groups attached to an aromatic ring is 1. The fourth-order valence-corrected chi connectivity index (χ4v) is 2.81. The maximum Gasteiger partial charge on any atom is 0.272 e. The topological polar surface area (TPSA) is 70.9 Å². The number of carbonyl (C=O) groups is 1. The van der Waals surface area contributed by atoms with E-state index in [0.717, 1.165) is 21.7 Å². The summed E-state index contributed by atoms with van der Waals surface area (Å²) < 4.78 is 0. The molecule has 0 unspecified atom stereocenters. The number of benzene rings is 3. The highest BCUT2D eigenvalue weighted by atomic mass is 16.1. The van der Waals surface area contributed by atoms with Crippen LogP contribution in [0.2, 0.25) is 0 Å². The third kappa shape index (κ3) is 2.30. The molecule has 0 saturated carbocycles. The minimum absolute atomic E-state index is 0.205. The number of fused-ring (bicyclic) bond motifs is 3. The molecule has 23 heavy (non-hydrogen) atoms. The standard InChI is InChI=1S/C19H15N3O/c20-15-7-3-4-8-17(15)22-19(23)18-11-14-13-6-2-1-5-12(13)9-10-16(14)21-18/h1-11,21H,20H2,(H,22,23). The molecule has 1 aromatic heterocycles. The van der Waals surface area contributed by atoms with E-state index in [9.17, 15) is 4.79 Å². The van der Waals surface area contributed by atoms with E-state index in [1.54, 1.807) is 12.1 Å². The maximum absolute atomic E-state index is 12.5. The molecule has 0 atom stereocenters. The van der Waals surface area contributed by atoms with E-state index >= 15 is 0 Å². The van der Waals surface area contributed by atoms with Crippen LogP contribution in [0, 0.1) is 0 Å². The number of rotatable bonds is 2. The zero-order chi connectivity index (χ0) is 15.8. The van der Waals surface area contributed by atoms with Crippen molar-refractivity contribution in [2.45, 2.75) is 0 Å². The van der Waals surface area contributed by atoms with Gasteiger partial charge in [0, 0.05) is 10.9 Å². The summed E-state index contributed by atoms with van der Waals surface area (Å²) in [5.74, 6) is -0.205. The zero-order valence-electron chi connectivity index (χ0n) is 12.3. The highest BCUT2D eigenvalue weighted by Crippen LogP contribution is 2.26. The molecule has 0 spiro atoms. The second-order valence-corrected chi connectivity index (χ2v) is 5.47. The Balaban J connectivity index is 1.76. The van der Waals surface area contributed by atoms with Crippen LogP contribution in [-0.2, 0) is 0 Å². The van der Waals surface area contributed by atoms with Crippen molar-refractivity contribution in [3.8, 4) is 0 Å². The number of nitrogens with two attached hydrogens (primary N) is 1. The number of hydrogen-bond donors (Lipinski definition) is 3. The van der Waals surface area contributed by atoms with Gasteiger partial charge in [0.15, 0.2) is 0 Å². The minimum atomic E-state index is -0.205. The van der Waals surface area contributed by atoms with Gasteiger partial charge in [0.2, 0.25) is 0 Å². The lowest BCUT2D eigenvalue weighted by molar-refractivity contribution is 0.102. The molecule has 112 valence electrons. The fraction of sp³-hybridized carbons (Fsp3) is 0. The molecular weight excluding hydrogens is 286 g/mol. The molecule has 3 aromatic carbocycles. The van der Waals surface area contributed by atoms with Gasteiger partial charge in [0.25, 0.3) is 5.91 Å². The first-order valence-electron chi connectivity index (χ1n) is 7.39. The molecule has 0 bridgehead atoms. The number of H-pyrrole nitrogens is 1. The van der Waals surface area contributed by atoms with E-state index in [-0.39, 0.29) is 5.91 Å². The van der Waals surface area contributed by atoms with Gasteiger partial charge in [0.1, 0.15) is 5.69 Å². The van der Waals surface area contributed by atoms with Crippen molar-refractivity contribution in [3.05, 3.63) is 72.4 Å². The Bertz CT molecular complexity index is 1030. The average Bonchev–Trinajstić information content (AvgIpc) is 3.02. The van der Waals surface area contributed by atoms with E-state index in [1.165, 1.54) is 0 Å². The quantitative estimate of drug-likeness (QED) is 0.487. The summed E-state index contributed by atoms with van der Waals surface area (Å²) in [6, 6.07) is 21.3. The third-order valence-corrected chi connectivity index (χ3v) is 3.98. The monoisotopic (exact) mass is 301 g/mol. The van der Waals surface area contributed by atoms with Gasteiger partial charge in [-0.2, -0.15) is 0 Å². The fourth-order valence-electron chi connectivity index (χ4n) is 2.81. The second kappa shape index (κ2) is 5.18. The number of amides is 1. The van der Waals surface area contributed by atoms with Crippen LogP contribution in [0.5, 0.6) is 0 Å². The smallest absolute Gasteiger partial charge is 0.272 e. The van der Waals surface area contributed by atoms with Gasteiger partial charge < -0.3 is 16.0 Å². The minimum Gasteiger partial charge on any atom is -0.397 e. The summed E-state index contributed by atoms with van der Waals surface area (Å²) in [4.78, 5) is 15.6. The van der Waals surface area contributed by atoms with Crippen LogP contribution in [0.15, 0.2) is 66.7 Å². The molecule has 0 aliphatic rings. The van der Waals surface area contributed by atoms with E-state index in [4.69, 9.17) is 5.73 Å². The first-order valence-corrected chi connectivity index (χ1v) is 7.39. The van der Waals surface area contributed by atoms with Crippen LogP contribution in [0.3, 0.4) is 0 Å². The zero-order valence-corrected chi connectivity index (χ0v) is 12.3. The molecule has 4 heteroatoms. The van der Waals surface area contributed by atoms with Crippen LogP contribution in [0.25, 0.3) is 21.7 Å². The molecule has 0 radical (unpaired) electrons. The largest absolute Gasteiger partial charge is 0.397 e. The molecule has 1 amide bonds. The van der Waals surface area contributed by atoms with Crippen molar-refractivity contribution >= 4 is 39.0 Å². The van der Waals surface area contributed by atoms with Gasteiger partial charge >= 0.3 is 0 Å². The third-order valence-electron chi connectivity index (χ3n) is 3.98. The van der Waals surface area contributed by atoms with Gasteiger partial charge in [-0.15, -0.1) is 0 Å². The van der Waals surface area contributed by atoms with Crippen molar-refractivity contribution in [1.29, 1.82) is 0 Å². The van der Waals surface area contributed by atoms with Crippen molar-refractivity contribution in [2.75, 3.05) is 11.1 Å². The lowest BCUT2D eigenvalue weighted by atomic mass is 10.1. The Hall–Kier alpha value is -3.27. The summed E-state index contributed by atoms with van der Waals surface area (Å²) in [6.45, 7) is 0. The Morgan fingerprint density at radius 3 is 2.57 bits per heavy atom. The molecule has 4 rings (SSSR count).